The first-order chi connectivity index (χ1) is 18.6. The van der Waals surface area contributed by atoms with Crippen LogP contribution in [0.4, 0.5) is 0 Å². The summed E-state index contributed by atoms with van der Waals surface area (Å²) < 4.78 is 0. The van der Waals surface area contributed by atoms with Gasteiger partial charge in [-0.2, -0.15) is 0 Å². The number of nitrogens with zero attached hydrogens (tertiary/aromatic N) is 2. The Bertz CT molecular complexity index is 1110. The lowest BCUT2D eigenvalue weighted by Crippen LogP contribution is -2.36. The number of carbonyl (C=O) groups is 1. The standard InChI is InChI=1S/C34H45N3O/c1-36(2)23-24-37(34(38)20-18-28-13-9-10-14-28)27-30-17-19-33(31-15-7-4-8-16-31)32(25-30)26-35-22-21-29-11-5-3-6-12-29/h3-8,11-12,15-17,19,25,28,35H,9-10,13-14,18,20-24,26-27H2,1-2H3. The molecule has 1 aliphatic carbocycles. The second kappa shape index (κ2) is 14.8. The van der Waals surface area contributed by atoms with Crippen LogP contribution < -0.4 is 5.32 Å². The Hall–Kier alpha value is -2.95. The molecule has 0 spiro atoms. The third-order valence-electron chi connectivity index (χ3n) is 7.79. The molecule has 0 bridgehead atoms. The van der Waals surface area contributed by atoms with E-state index >= 15 is 0 Å². The minimum atomic E-state index is 0.299. The van der Waals surface area contributed by atoms with E-state index in [1.165, 1.54) is 53.5 Å². The third-order valence-corrected chi connectivity index (χ3v) is 7.79. The molecule has 1 aliphatic rings. The topological polar surface area (TPSA) is 35.6 Å². The van der Waals surface area contributed by atoms with Crippen molar-refractivity contribution < 1.29 is 4.79 Å². The number of nitrogens with one attached hydrogen (secondary N) is 1. The zero-order valence-corrected chi connectivity index (χ0v) is 23.4. The van der Waals surface area contributed by atoms with Gasteiger partial charge >= 0.3 is 0 Å². The molecule has 0 radical (unpaired) electrons. The molecular formula is C34H45N3O. The average Bonchev–Trinajstić information content (AvgIpc) is 3.47. The van der Waals surface area contributed by atoms with Crippen LogP contribution in [0.3, 0.4) is 0 Å². The van der Waals surface area contributed by atoms with Crippen molar-refractivity contribution in [2.45, 2.75) is 58.0 Å². The van der Waals surface area contributed by atoms with Crippen molar-refractivity contribution in [2.75, 3.05) is 33.7 Å². The van der Waals surface area contributed by atoms with Crippen molar-refractivity contribution in [1.82, 2.24) is 15.1 Å². The Kier molecular flexibility index (Phi) is 11.0. The summed E-state index contributed by atoms with van der Waals surface area (Å²) in [6.07, 6.45) is 7.99. The van der Waals surface area contributed by atoms with E-state index in [0.717, 1.165) is 44.9 Å². The fourth-order valence-corrected chi connectivity index (χ4v) is 5.51. The molecule has 1 N–H and O–H groups in total. The van der Waals surface area contributed by atoms with E-state index < -0.39 is 0 Å². The predicted molar refractivity (Wildman–Crippen MR) is 159 cm³/mol. The predicted octanol–water partition coefficient (Wildman–Crippen LogP) is 6.55. The molecule has 3 aromatic carbocycles. The van der Waals surface area contributed by atoms with Crippen LogP contribution in [0.15, 0.2) is 78.9 Å². The van der Waals surface area contributed by atoms with Crippen molar-refractivity contribution in [3.8, 4) is 11.1 Å². The first-order valence-electron chi connectivity index (χ1n) is 14.4. The van der Waals surface area contributed by atoms with Crippen LogP contribution in [0.1, 0.15) is 55.2 Å². The minimum absolute atomic E-state index is 0.299. The van der Waals surface area contributed by atoms with Gasteiger partial charge in [0.15, 0.2) is 0 Å². The fourth-order valence-electron chi connectivity index (χ4n) is 5.51. The summed E-state index contributed by atoms with van der Waals surface area (Å²) in [7, 11) is 4.16. The fraction of sp³-hybridized carbons (Fsp3) is 0.441. The molecule has 1 fully saturated rings. The van der Waals surface area contributed by atoms with E-state index in [9.17, 15) is 4.79 Å². The largest absolute Gasteiger partial charge is 0.337 e. The smallest absolute Gasteiger partial charge is 0.222 e. The summed E-state index contributed by atoms with van der Waals surface area (Å²) in [5.41, 5.74) is 6.33. The first kappa shape index (κ1) is 28.1. The third kappa shape index (κ3) is 8.82. The number of rotatable bonds is 14. The van der Waals surface area contributed by atoms with E-state index in [0.29, 0.717) is 18.9 Å². The van der Waals surface area contributed by atoms with Crippen molar-refractivity contribution >= 4 is 5.91 Å². The quantitative estimate of drug-likeness (QED) is 0.249. The van der Waals surface area contributed by atoms with E-state index in [1.807, 2.05) is 0 Å². The van der Waals surface area contributed by atoms with Crippen LogP contribution in [0, 0.1) is 5.92 Å². The van der Waals surface area contributed by atoms with E-state index in [4.69, 9.17) is 0 Å². The Labute approximate surface area is 230 Å². The minimum Gasteiger partial charge on any atom is -0.337 e. The molecular weight excluding hydrogens is 466 g/mol. The van der Waals surface area contributed by atoms with Crippen LogP contribution in [-0.2, 0) is 24.3 Å². The molecule has 0 aromatic heterocycles. The zero-order chi connectivity index (χ0) is 26.6. The molecule has 1 amide bonds. The molecule has 202 valence electrons. The van der Waals surface area contributed by atoms with Gasteiger partial charge in [0.1, 0.15) is 0 Å². The first-order valence-corrected chi connectivity index (χ1v) is 14.4. The number of hydrogen-bond acceptors (Lipinski definition) is 3. The molecule has 1 saturated carbocycles. The molecule has 0 saturated heterocycles. The lowest BCUT2D eigenvalue weighted by Gasteiger charge is -2.26. The molecule has 4 heteroatoms. The Balaban J connectivity index is 1.46. The number of amides is 1. The maximum Gasteiger partial charge on any atom is 0.222 e. The number of likely N-dealkylation sites (N-methyl/N-ethyl adjacent to an activating group) is 1. The Morgan fingerprint density at radius 3 is 2.29 bits per heavy atom. The molecule has 0 aliphatic heterocycles. The second-order valence-electron chi connectivity index (χ2n) is 11.1. The average molecular weight is 512 g/mol. The van der Waals surface area contributed by atoms with Crippen LogP contribution in [0.5, 0.6) is 0 Å². The van der Waals surface area contributed by atoms with Crippen LogP contribution in [0.2, 0.25) is 0 Å². The molecule has 0 atom stereocenters. The van der Waals surface area contributed by atoms with Gasteiger partial charge in [-0.05, 0) is 67.2 Å². The van der Waals surface area contributed by atoms with Gasteiger partial charge in [-0.15, -0.1) is 0 Å². The Morgan fingerprint density at radius 1 is 0.868 bits per heavy atom. The van der Waals surface area contributed by atoms with Gasteiger partial charge < -0.3 is 15.1 Å². The van der Waals surface area contributed by atoms with E-state index in [-0.39, 0.29) is 0 Å². The number of benzene rings is 3. The van der Waals surface area contributed by atoms with Gasteiger partial charge in [-0.1, -0.05) is 105 Å². The van der Waals surface area contributed by atoms with Gasteiger partial charge in [0.2, 0.25) is 5.91 Å². The summed E-state index contributed by atoms with van der Waals surface area (Å²) in [5, 5.41) is 3.67. The summed E-state index contributed by atoms with van der Waals surface area (Å²) >= 11 is 0. The normalized spacial score (nSPS) is 13.8. The monoisotopic (exact) mass is 511 g/mol. The molecule has 4 rings (SSSR count). The molecule has 38 heavy (non-hydrogen) atoms. The van der Waals surface area contributed by atoms with E-state index in [1.54, 1.807) is 0 Å². The highest BCUT2D eigenvalue weighted by Gasteiger charge is 2.20. The van der Waals surface area contributed by atoms with Crippen molar-refractivity contribution in [1.29, 1.82) is 0 Å². The maximum absolute atomic E-state index is 13.3. The zero-order valence-electron chi connectivity index (χ0n) is 23.4. The second-order valence-corrected chi connectivity index (χ2v) is 11.1. The Morgan fingerprint density at radius 2 is 1.58 bits per heavy atom. The van der Waals surface area contributed by atoms with Gasteiger partial charge in [0, 0.05) is 32.6 Å². The van der Waals surface area contributed by atoms with Crippen LogP contribution in [0.25, 0.3) is 11.1 Å². The van der Waals surface area contributed by atoms with Gasteiger partial charge in [0.25, 0.3) is 0 Å². The molecule has 3 aromatic rings. The molecule has 0 heterocycles. The van der Waals surface area contributed by atoms with Crippen LogP contribution in [-0.4, -0.2) is 49.4 Å². The summed E-state index contributed by atoms with van der Waals surface area (Å²) in [6.45, 7) is 4.05. The maximum atomic E-state index is 13.3. The van der Waals surface area contributed by atoms with Gasteiger partial charge in [-0.3, -0.25) is 4.79 Å². The van der Waals surface area contributed by atoms with Crippen LogP contribution >= 0.6 is 0 Å². The molecule has 4 nitrogen and oxygen atoms in total. The lowest BCUT2D eigenvalue weighted by atomic mass is 9.97. The number of hydrogen-bond donors (Lipinski definition) is 1. The summed E-state index contributed by atoms with van der Waals surface area (Å²) in [4.78, 5) is 17.6. The summed E-state index contributed by atoms with van der Waals surface area (Å²) in [5.74, 6) is 1.04. The highest BCUT2D eigenvalue weighted by molar-refractivity contribution is 5.76. The van der Waals surface area contributed by atoms with Crippen molar-refractivity contribution in [3.05, 3.63) is 95.6 Å². The highest BCUT2D eigenvalue weighted by atomic mass is 16.2. The summed E-state index contributed by atoms with van der Waals surface area (Å²) in [6, 6.07) is 28.0. The van der Waals surface area contributed by atoms with Gasteiger partial charge in [-0.25, -0.2) is 0 Å². The van der Waals surface area contributed by atoms with Crippen molar-refractivity contribution in [3.63, 3.8) is 0 Å². The lowest BCUT2D eigenvalue weighted by molar-refractivity contribution is -0.132. The van der Waals surface area contributed by atoms with Crippen molar-refractivity contribution in [2.24, 2.45) is 5.92 Å². The highest BCUT2D eigenvalue weighted by Crippen LogP contribution is 2.29. The number of carbonyl (C=O) groups excluding carboxylic acids is 1. The SMILES string of the molecule is CN(C)CCN(Cc1ccc(-c2ccccc2)c(CNCCc2ccccc2)c1)C(=O)CCC1CCCC1. The van der Waals surface area contributed by atoms with E-state index in [2.05, 4.69) is 108 Å². The van der Waals surface area contributed by atoms with Gasteiger partial charge in [0.05, 0.1) is 0 Å². The molecule has 0 unspecified atom stereocenters.